The zero-order chi connectivity index (χ0) is 17.6. The van der Waals surface area contributed by atoms with Gasteiger partial charge in [0, 0.05) is 25.9 Å². The zero-order valence-electron chi connectivity index (χ0n) is 12.0. The van der Waals surface area contributed by atoms with Gasteiger partial charge in [0.15, 0.2) is 6.61 Å². The van der Waals surface area contributed by atoms with Crippen molar-refractivity contribution >= 4 is 11.9 Å². The zero-order valence-corrected chi connectivity index (χ0v) is 12.0. The molecule has 1 rings (SSSR count). The van der Waals surface area contributed by atoms with Crippen molar-refractivity contribution in [1.29, 1.82) is 0 Å². The highest BCUT2D eigenvalue weighted by molar-refractivity contribution is 5.93. The number of carboxylic acids is 1. The van der Waals surface area contributed by atoms with Gasteiger partial charge in [-0.2, -0.15) is 8.78 Å². The molecule has 1 aromatic rings. The number of aliphatic carboxylic acids is 1. The second-order valence-electron chi connectivity index (χ2n) is 4.61. The Morgan fingerprint density at radius 1 is 1.39 bits per heavy atom. The molecular weight excluding hydrogens is 324 g/mol. The third-order valence-electron chi connectivity index (χ3n) is 2.72. The van der Waals surface area contributed by atoms with Gasteiger partial charge in [0.2, 0.25) is 5.88 Å². The Hall–Kier alpha value is -2.39. The summed E-state index contributed by atoms with van der Waals surface area (Å²) >= 11 is 0. The van der Waals surface area contributed by atoms with Gasteiger partial charge in [-0.05, 0) is 6.07 Å². The van der Waals surface area contributed by atoms with Gasteiger partial charge < -0.3 is 14.7 Å². The van der Waals surface area contributed by atoms with Crippen LogP contribution in [0, 0.1) is 0 Å². The lowest BCUT2D eigenvalue weighted by molar-refractivity contribution is -0.148. The molecule has 10 heteroatoms. The largest absolute Gasteiger partial charge is 0.481 e. The Kier molecular flexibility index (Phi) is 6.28. The number of carbonyl (C=O) groups is 2. The van der Waals surface area contributed by atoms with Crippen molar-refractivity contribution in [1.82, 2.24) is 9.88 Å². The number of alkyl halides is 4. The number of hydrogen-bond acceptors (Lipinski definition) is 4. The minimum absolute atomic E-state index is 0.0208. The molecule has 0 aliphatic heterocycles. The predicted molar refractivity (Wildman–Crippen MR) is 69.9 cm³/mol. The van der Waals surface area contributed by atoms with Gasteiger partial charge >= 0.3 is 18.3 Å². The average Bonchev–Trinajstić information content (AvgIpc) is 2.50. The Labute approximate surface area is 128 Å². The van der Waals surface area contributed by atoms with E-state index in [1.54, 1.807) is 0 Å². The number of nitrogens with zero attached hydrogens (tertiary/aromatic N) is 2. The van der Waals surface area contributed by atoms with Gasteiger partial charge in [-0.1, -0.05) is 0 Å². The average molecular weight is 338 g/mol. The Balaban J connectivity index is 2.62. The molecule has 0 atom stereocenters. The van der Waals surface area contributed by atoms with E-state index in [2.05, 4.69) is 9.72 Å². The standard InChI is InChI=1S/C13H14F4N2O4/c1-19(5-4-10(20)21)11(22)8-2-3-9(18-6-8)23-7-13(16,17)12(14)15/h2-3,6,12H,4-5,7H2,1H3,(H,20,21). The van der Waals surface area contributed by atoms with Gasteiger partial charge in [0.25, 0.3) is 5.91 Å². The van der Waals surface area contributed by atoms with Crippen LogP contribution in [0.1, 0.15) is 16.8 Å². The van der Waals surface area contributed by atoms with Crippen LogP contribution < -0.4 is 4.74 Å². The van der Waals surface area contributed by atoms with Crippen LogP contribution in [0.4, 0.5) is 17.6 Å². The van der Waals surface area contributed by atoms with Gasteiger partial charge in [0.1, 0.15) is 0 Å². The monoisotopic (exact) mass is 338 g/mol. The van der Waals surface area contributed by atoms with E-state index in [4.69, 9.17) is 5.11 Å². The van der Waals surface area contributed by atoms with E-state index in [1.807, 2.05) is 0 Å². The lowest BCUT2D eigenvalue weighted by atomic mass is 10.2. The van der Waals surface area contributed by atoms with Gasteiger partial charge in [0.05, 0.1) is 12.0 Å². The summed E-state index contributed by atoms with van der Waals surface area (Å²) in [6.45, 7) is -1.56. The quantitative estimate of drug-likeness (QED) is 0.733. The van der Waals surface area contributed by atoms with Crippen molar-refractivity contribution in [2.24, 2.45) is 0 Å². The molecule has 128 valence electrons. The lowest BCUT2D eigenvalue weighted by Gasteiger charge is -2.17. The van der Waals surface area contributed by atoms with E-state index in [-0.39, 0.29) is 24.4 Å². The summed E-state index contributed by atoms with van der Waals surface area (Å²) in [5, 5.41) is 8.53. The topological polar surface area (TPSA) is 79.7 Å². The summed E-state index contributed by atoms with van der Waals surface area (Å²) in [6, 6.07) is 2.29. The highest BCUT2D eigenvalue weighted by Gasteiger charge is 2.41. The van der Waals surface area contributed by atoms with Crippen molar-refractivity contribution in [3.63, 3.8) is 0 Å². The van der Waals surface area contributed by atoms with E-state index in [0.717, 1.165) is 17.2 Å². The van der Waals surface area contributed by atoms with Crippen LogP contribution in [-0.2, 0) is 4.79 Å². The van der Waals surface area contributed by atoms with Crippen molar-refractivity contribution < 1.29 is 37.0 Å². The highest BCUT2D eigenvalue weighted by Crippen LogP contribution is 2.23. The fourth-order valence-corrected chi connectivity index (χ4v) is 1.41. The molecule has 1 N–H and O–H groups in total. The number of amides is 1. The number of halogens is 4. The van der Waals surface area contributed by atoms with E-state index in [1.165, 1.54) is 13.1 Å². The van der Waals surface area contributed by atoms with Gasteiger partial charge in [-0.15, -0.1) is 0 Å². The molecule has 1 amide bonds. The van der Waals surface area contributed by atoms with E-state index in [0.29, 0.717) is 0 Å². The molecule has 0 spiro atoms. The molecule has 0 saturated heterocycles. The summed E-state index contributed by atoms with van der Waals surface area (Å²) in [4.78, 5) is 27.1. The molecule has 6 nitrogen and oxygen atoms in total. The van der Waals surface area contributed by atoms with Gasteiger partial charge in [-0.25, -0.2) is 13.8 Å². The summed E-state index contributed by atoms with van der Waals surface area (Å²) in [5.74, 6) is -6.22. The molecule has 0 bridgehead atoms. The van der Waals surface area contributed by atoms with Gasteiger partial charge in [-0.3, -0.25) is 9.59 Å². The van der Waals surface area contributed by atoms with Crippen LogP contribution in [0.25, 0.3) is 0 Å². The van der Waals surface area contributed by atoms with Crippen LogP contribution in [0.2, 0.25) is 0 Å². The van der Waals surface area contributed by atoms with Crippen LogP contribution in [-0.4, -0.2) is 59.4 Å². The maximum Gasteiger partial charge on any atom is 0.340 e. The van der Waals surface area contributed by atoms with Crippen molar-refractivity contribution in [3.8, 4) is 5.88 Å². The fourth-order valence-electron chi connectivity index (χ4n) is 1.41. The Morgan fingerprint density at radius 2 is 2.04 bits per heavy atom. The van der Waals surface area contributed by atoms with Crippen LogP contribution in [0.3, 0.4) is 0 Å². The van der Waals surface area contributed by atoms with Crippen molar-refractivity contribution in [2.45, 2.75) is 18.8 Å². The third kappa shape index (κ3) is 5.72. The molecule has 0 saturated carbocycles. The summed E-state index contributed by atoms with van der Waals surface area (Å²) < 4.78 is 53.8. The second kappa shape index (κ2) is 7.75. The number of carboxylic acid groups (broad SMARTS) is 1. The number of aromatic nitrogens is 1. The number of carbonyl (C=O) groups excluding carboxylic acids is 1. The molecule has 0 radical (unpaired) electrons. The maximum absolute atomic E-state index is 12.7. The first-order valence-electron chi connectivity index (χ1n) is 6.35. The molecule has 1 heterocycles. The molecule has 0 unspecified atom stereocenters. The molecule has 0 aliphatic rings. The van der Waals surface area contributed by atoms with E-state index in [9.17, 15) is 27.2 Å². The highest BCUT2D eigenvalue weighted by atomic mass is 19.3. The van der Waals surface area contributed by atoms with Crippen LogP contribution in [0.5, 0.6) is 5.88 Å². The first-order chi connectivity index (χ1) is 10.6. The SMILES string of the molecule is CN(CCC(=O)O)C(=O)c1ccc(OCC(F)(F)C(F)F)nc1. The number of rotatable bonds is 8. The second-order valence-corrected chi connectivity index (χ2v) is 4.61. The number of ether oxygens (including phenoxy) is 1. The number of pyridine rings is 1. The predicted octanol–water partition coefficient (Wildman–Crippen LogP) is 1.91. The third-order valence-corrected chi connectivity index (χ3v) is 2.72. The molecule has 0 aromatic carbocycles. The van der Waals surface area contributed by atoms with Crippen LogP contribution in [0.15, 0.2) is 18.3 Å². The first kappa shape index (κ1) is 18.7. The normalized spacial score (nSPS) is 11.4. The smallest absolute Gasteiger partial charge is 0.340 e. The summed E-state index contributed by atoms with van der Waals surface area (Å²) in [6.07, 6.45) is -3.07. The minimum atomic E-state index is -4.30. The minimum Gasteiger partial charge on any atom is -0.481 e. The molecule has 1 aromatic heterocycles. The molecular formula is C13H14F4N2O4. The fraction of sp³-hybridized carbons (Fsp3) is 0.462. The summed E-state index contributed by atoms with van der Waals surface area (Å²) in [5.41, 5.74) is 0.0749. The van der Waals surface area contributed by atoms with Crippen molar-refractivity contribution in [3.05, 3.63) is 23.9 Å². The van der Waals surface area contributed by atoms with E-state index >= 15 is 0 Å². The number of hydrogen-bond donors (Lipinski definition) is 1. The summed E-state index contributed by atoms with van der Waals surface area (Å²) in [7, 11) is 1.39. The maximum atomic E-state index is 12.7. The molecule has 23 heavy (non-hydrogen) atoms. The first-order valence-corrected chi connectivity index (χ1v) is 6.35. The molecule has 0 aliphatic carbocycles. The van der Waals surface area contributed by atoms with Crippen molar-refractivity contribution in [2.75, 3.05) is 20.2 Å². The van der Waals surface area contributed by atoms with E-state index < -0.39 is 30.8 Å². The molecule has 0 fully saturated rings. The Bertz CT molecular complexity index is 551. The van der Waals surface area contributed by atoms with Crippen LogP contribution >= 0.6 is 0 Å². The lowest BCUT2D eigenvalue weighted by Crippen LogP contribution is -2.34. The Morgan fingerprint density at radius 3 is 2.52 bits per heavy atom.